The molecule has 0 atom stereocenters. The molecule has 120 valence electrons. The number of ether oxygens (including phenoxy) is 2. The van der Waals surface area contributed by atoms with Crippen LogP contribution in [0.25, 0.3) is 0 Å². The molecule has 1 aliphatic rings. The van der Waals surface area contributed by atoms with Crippen molar-refractivity contribution in [3.63, 3.8) is 0 Å². The molecule has 0 spiro atoms. The van der Waals surface area contributed by atoms with E-state index < -0.39 is 5.60 Å². The van der Waals surface area contributed by atoms with E-state index in [1.54, 1.807) is 0 Å². The summed E-state index contributed by atoms with van der Waals surface area (Å²) in [5.41, 5.74) is -0.127. The van der Waals surface area contributed by atoms with E-state index in [0.29, 0.717) is 5.90 Å². The molecular weight excluding hydrogens is 380 g/mol. The number of benzene rings is 2. The summed E-state index contributed by atoms with van der Waals surface area (Å²) >= 11 is 24.6. The highest BCUT2D eigenvalue weighted by molar-refractivity contribution is 6.53. The number of para-hydroxylation sites is 1. The number of hydrogen-bond acceptors (Lipinski definition) is 3. The third-order valence-electron chi connectivity index (χ3n) is 3.24. The minimum Gasteiger partial charge on any atom is -0.473 e. The van der Waals surface area contributed by atoms with Crippen molar-refractivity contribution >= 4 is 58.0 Å². The van der Waals surface area contributed by atoms with Crippen LogP contribution in [-0.4, -0.2) is 11.5 Å². The van der Waals surface area contributed by atoms with Crippen molar-refractivity contribution in [2.24, 2.45) is 4.99 Å². The van der Waals surface area contributed by atoms with E-state index in [1.165, 1.54) is 0 Å². The zero-order valence-corrected chi connectivity index (χ0v) is 15.2. The first-order valence-electron chi connectivity index (χ1n) is 6.68. The molecule has 0 amide bonds. The Hall–Kier alpha value is -1.13. The van der Waals surface area contributed by atoms with E-state index in [0.717, 1.165) is 5.69 Å². The third-order valence-corrected chi connectivity index (χ3v) is 5.01. The van der Waals surface area contributed by atoms with Gasteiger partial charge in [0.2, 0.25) is 5.90 Å². The SMILES string of the molecule is CC1(C)Oc2c(Cl)c(Cl)c(Cl)c(Cl)c2OC1=Nc1ccccc1. The van der Waals surface area contributed by atoms with Crippen molar-refractivity contribution in [2.75, 3.05) is 0 Å². The van der Waals surface area contributed by atoms with Gasteiger partial charge in [0.1, 0.15) is 10.0 Å². The van der Waals surface area contributed by atoms with Crippen LogP contribution in [0, 0.1) is 0 Å². The topological polar surface area (TPSA) is 30.8 Å². The summed E-state index contributed by atoms with van der Waals surface area (Å²) in [6, 6.07) is 9.37. The Bertz CT molecular complexity index is 804. The Labute approximate surface area is 153 Å². The fraction of sp³-hybridized carbons (Fsp3) is 0.188. The van der Waals surface area contributed by atoms with E-state index >= 15 is 0 Å². The van der Waals surface area contributed by atoms with Crippen molar-refractivity contribution in [1.29, 1.82) is 0 Å². The van der Waals surface area contributed by atoms with Crippen LogP contribution < -0.4 is 9.47 Å². The number of hydrogen-bond donors (Lipinski definition) is 0. The lowest BCUT2D eigenvalue weighted by Crippen LogP contribution is -2.44. The monoisotopic (exact) mass is 389 g/mol. The van der Waals surface area contributed by atoms with Crippen LogP contribution in [0.2, 0.25) is 20.1 Å². The van der Waals surface area contributed by atoms with Gasteiger partial charge in [-0.1, -0.05) is 64.6 Å². The van der Waals surface area contributed by atoms with Crippen LogP contribution in [0.15, 0.2) is 35.3 Å². The number of rotatable bonds is 1. The Morgan fingerprint density at radius 2 is 1.39 bits per heavy atom. The maximum Gasteiger partial charge on any atom is 0.239 e. The van der Waals surface area contributed by atoms with Crippen molar-refractivity contribution in [3.8, 4) is 11.5 Å². The van der Waals surface area contributed by atoms with Crippen molar-refractivity contribution in [1.82, 2.24) is 0 Å². The molecule has 7 heteroatoms. The highest BCUT2D eigenvalue weighted by Gasteiger charge is 2.40. The molecule has 0 N–H and O–H groups in total. The lowest BCUT2D eigenvalue weighted by atomic mass is 10.1. The van der Waals surface area contributed by atoms with Crippen molar-refractivity contribution in [2.45, 2.75) is 19.4 Å². The standard InChI is InChI=1S/C16H11Cl4NO2/c1-16(2)15(21-8-6-4-3-5-7-8)22-13-11(19)9(17)10(18)12(20)14(13)23-16/h3-7H,1-2H3. The second-order valence-corrected chi connectivity index (χ2v) is 6.89. The van der Waals surface area contributed by atoms with Crippen LogP contribution in [0.5, 0.6) is 11.5 Å². The maximum absolute atomic E-state index is 6.21. The van der Waals surface area contributed by atoms with Gasteiger partial charge in [-0.3, -0.25) is 0 Å². The second-order valence-electron chi connectivity index (χ2n) is 5.38. The van der Waals surface area contributed by atoms with Crippen molar-refractivity contribution in [3.05, 3.63) is 50.4 Å². The smallest absolute Gasteiger partial charge is 0.239 e. The lowest BCUT2D eigenvalue weighted by Gasteiger charge is -2.34. The van der Waals surface area contributed by atoms with Crippen LogP contribution in [0.4, 0.5) is 5.69 Å². The predicted octanol–water partition coefficient (Wildman–Crippen LogP) is 6.58. The zero-order valence-electron chi connectivity index (χ0n) is 12.2. The van der Waals surface area contributed by atoms with E-state index in [1.807, 2.05) is 44.2 Å². The summed E-state index contributed by atoms with van der Waals surface area (Å²) in [4.78, 5) is 4.48. The quantitative estimate of drug-likeness (QED) is 0.406. The highest BCUT2D eigenvalue weighted by atomic mass is 35.5. The van der Waals surface area contributed by atoms with Gasteiger partial charge < -0.3 is 9.47 Å². The van der Waals surface area contributed by atoms with Crippen LogP contribution in [0.1, 0.15) is 13.8 Å². The summed E-state index contributed by atoms with van der Waals surface area (Å²) < 4.78 is 11.8. The van der Waals surface area contributed by atoms with Crippen molar-refractivity contribution < 1.29 is 9.47 Å². The van der Waals surface area contributed by atoms with Gasteiger partial charge in [-0.05, 0) is 26.0 Å². The predicted molar refractivity (Wildman–Crippen MR) is 95.4 cm³/mol. The molecule has 1 heterocycles. The Balaban J connectivity index is 2.14. The molecule has 2 aromatic rings. The lowest BCUT2D eigenvalue weighted by molar-refractivity contribution is 0.137. The molecule has 3 nitrogen and oxygen atoms in total. The summed E-state index contributed by atoms with van der Waals surface area (Å²) in [6.45, 7) is 3.62. The molecular formula is C16H11Cl4NO2. The molecule has 2 aromatic carbocycles. The van der Waals surface area contributed by atoms with Crippen LogP contribution in [-0.2, 0) is 0 Å². The summed E-state index contributed by atoms with van der Waals surface area (Å²) in [5.74, 6) is 0.802. The van der Waals surface area contributed by atoms with Gasteiger partial charge in [0.05, 0.1) is 15.7 Å². The summed E-state index contributed by atoms with van der Waals surface area (Å²) in [5, 5.41) is 0.523. The molecule has 0 aliphatic carbocycles. The Kier molecular flexibility index (Phi) is 4.41. The van der Waals surface area contributed by atoms with Gasteiger partial charge in [-0.25, -0.2) is 4.99 Å². The largest absolute Gasteiger partial charge is 0.473 e. The molecule has 0 bridgehead atoms. The molecule has 3 rings (SSSR count). The molecule has 0 aromatic heterocycles. The molecule has 23 heavy (non-hydrogen) atoms. The first-order valence-corrected chi connectivity index (χ1v) is 8.19. The molecule has 0 unspecified atom stereocenters. The second kappa shape index (κ2) is 6.06. The Morgan fingerprint density at radius 1 is 0.826 bits per heavy atom. The van der Waals surface area contributed by atoms with Crippen LogP contribution >= 0.6 is 46.4 Å². The normalized spacial score (nSPS) is 17.4. The number of halogens is 4. The summed E-state index contributed by atoms with van der Waals surface area (Å²) in [6.07, 6.45) is 0. The van der Waals surface area contributed by atoms with Gasteiger partial charge in [0.25, 0.3) is 0 Å². The van der Waals surface area contributed by atoms with E-state index in [2.05, 4.69) is 4.99 Å². The highest BCUT2D eigenvalue weighted by Crippen LogP contribution is 2.53. The van der Waals surface area contributed by atoms with Gasteiger partial charge in [-0.15, -0.1) is 0 Å². The maximum atomic E-state index is 6.21. The first-order chi connectivity index (χ1) is 10.8. The fourth-order valence-corrected chi connectivity index (χ4v) is 2.96. The molecule has 0 saturated carbocycles. The number of nitrogens with zero attached hydrogens (tertiary/aromatic N) is 1. The molecule has 0 fully saturated rings. The minimum atomic E-state index is -0.854. The fourth-order valence-electron chi connectivity index (χ4n) is 2.07. The van der Waals surface area contributed by atoms with Gasteiger partial charge in [0, 0.05) is 0 Å². The number of aliphatic imine (C=N–C) groups is 1. The minimum absolute atomic E-state index is 0.111. The molecule has 0 saturated heterocycles. The zero-order chi connectivity index (χ0) is 16.8. The first kappa shape index (κ1) is 16.7. The summed E-state index contributed by atoms with van der Waals surface area (Å²) in [7, 11) is 0. The number of fused-ring (bicyclic) bond motifs is 1. The molecule has 0 radical (unpaired) electrons. The molecule has 1 aliphatic heterocycles. The van der Waals surface area contributed by atoms with Crippen LogP contribution in [0.3, 0.4) is 0 Å². The average Bonchev–Trinajstić information content (AvgIpc) is 2.53. The van der Waals surface area contributed by atoms with E-state index in [9.17, 15) is 0 Å². The van der Waals surface area contributed by atoms with Gasteiger partial charge in [0.15, 0.2) is 17.1 Å². The van der Waals surface area contributed by atoms with E-state index in [4.69, 9.17) is 55.9 Å². The van der Waals surface area contributed by atoms with E-state index in [-0.39, 0.29) is 31.6 Å². The Morgan fingerprint density at radius 3 is 2.00 bits per heavy atom. The third kappa shape index (κ3) is 2.99. The van der Waals surface area contributed by atoms with Gasteiger partial charge >= 0.3 is 0 Å². The average molecular weight is 391 g/mol. The van der Waals surface area contributed by atoms with Gasteiger partial charge in [-0.2, -0.15) is 0 Å².